The van der Waals surface area contributed by atoms with Crippen LogP contribution in [0.25, 0.3) is 0 Å². The molecule has 1 atom stereocenters. The Kier molecular flexibility index (Phi) is 2.38. The Morgan fingerprint density at radius 2 is 2.17 bits per heavy atom. The lowest BCUT2D eigenvalue weighted by Crippen LogP contribution is -2.16. The van der Waals surface area contributed by atoms with Gasteiger partial charge in [-0.2, -0.15) is 0 Å². The van der Waals surface area contributed by atoms with E-state index in [2.05, 4.69) is 0 Å². The van der Waals surface area contributed by atoms with Gasteiger partial charge in [-0.1, -0.05) is 12.1 Å². The van der Waals surface area contributed by atoms with E-state index >= 15 is 0 Å². The molecule has 0 saturated heterocycles. The van der Waals surface area contributed by atoms with Crippen LogP contribution < -0.4 is 5.73 Å². The van der Waals surface area contributed by atoms with Crippen LogP contribution in [0.5, 0.6) is 0 Å². The van der Waals surface area contributed by atoms with Gasteiger partial charge in [0.15, 0.2) is 6.17 Å². The van der Waals surface area contributed by atoms with Crippen molar-refractivity contribution in [3.63, 3.8) is 0 Å². The number of benzene rings is 1. The molecule has 0 aliphatic rings. The summed E-state index contributed by atoms with van der Waals surface area (Å²) in [5.41, 5.74) is 4.98. The number of hydrogen-bond donors (Lipinski definition) is 2. The van der Waals surface area contributed by atoms with Crippen LogP contribution in [0.15, 0.2) is 24.3 Å². The van der Waals surface area contributed by atoms with Crippen molar-refractivity contribution < 1.29 is 8.78 Å². The van der Waals surface area contributed by atoms with Gasteiger partial charge < -0.3 is 5.73 Å². The van der Waals surface area contributed by atoms with E-state index in [0.29, 0.717) is 0 Å². The highest BCUT2D eigenvalue weighted by atomic mass is 19.1. The molecule has 0 aliphatic carbocycles. The Balaban J connectivity index is 2.95. The number of alkyl halides is 1. The van der Waals surface area contributed by atoms with Crippen molar-refractivity contribution in [3.05, 3.63) is 35.6 Å². The topological polar surface area (TPSA) is 49.9 Å². The summed E-state index contributed by atoms with van der Waals surface area (Å²) in [7, 11) is 0. The Morgan fingerprint density at radius 1 is 1.50 bits per heavy atom. The van der Waals surface area contributed by atoms with Crippen molar-refractivity contribution in [2.45, 2.75) is 6.17 Å². The largest absolute Gasteiger partial charge is 0.385 e. The number of halogens is 2. The van der Waals surface area contributed by atoms with E-state index in [4.69, 9.17) is 11.1 Å². The maximum absolute atomic E-state index is 12.9. The average molecular weight is 170 g/mol. The summed E-state index contributed by atoms with van der Waals surface area (Å²) in [6.07, 6.45) is -1.71. The predicted octanol–water partition coefficient (Wildman–Crippen LogP) is 1.77. The van der Waals surface area contributed by atoms with Gasteiger partial charge in [-0.15, -0.1) is 0 Å². The SMILES string of the molecule is N=C(N)C(F)c1cccc(F)c1. The van der Waals surface area contributed by atoms with E-state index in [9.17, 15) is 8.78 Å². The number of hydrogen-bond acceptors (Lipinski definition) is 1. The van der Waals surface area contributed by atoms with Crippen LogP contribution in [0.3, 0.4) is 0 Å². The number of nitrogens with one attached hydrogen (secondary N) is 1. The van der Waals surface area contributed by atoms with Gasteiger partial charge in [0, 0.05) is 0 Å². The van der Waals surface area contributed by atoms with Crippen molar-refractivity contribution in [2.75, 3.05) is 0 Å². The fourth-order valence-corrected chi connectivity index (χ4v) is 0.844. The Morgan fingerprint density at radius 3 is 2.67 bits per heavy atom. The minimum Gasteiger partial charge on any atom is -0.385 e. The molecule has 0 aliphatic heterocycles. The fourth-order valence-electron chi connectivity index (χ4n) is 0.844. The van der Waals surface area contributed by atoms with Gasteiger partial charge in [0.25, 0.3) is 0 Å². The maximum Gasteiger partial charge on any atom is 0.181 e. The molecule has 0 bridgehead atoms. The summed E-state index contributed by atoms with van der Waals surface area (Å²) >= 11 is 0. The molecular weight excluding hydrogens is 162 g/mol. The first-order valence-corrected chi connectivity index (χ1v) is 3.34. The third-order valence-electron chi connectivity index (χ3n) is 1.41. The molecule has 64 valence electrons. The van der Waals surface area contributed by atoms with Crippen LogP contribution in [-0.4, -0.2) is 5.84 Å². The molecule has 2 nitrogen and oxygen atoms in total. The minimum atomic E-state index is -1.71. The average Bonchev–Trinajstić information content (AvgIpc) is 2.03. The van der Waals surface area contributed by atoms with Gasteiger partial charge >= 0.3 is 0 Å². The summed E-state index contributed by atoms with van der Waals surface area (Å²) in [6.45, 7) is 0. The summed E-state index contributed by atoms with van der Waals surface area (Å²) < 4.78 is 25.4. The molecule has 0 amide bonds. The quantitative estimate of drug-likeness (QED) is 0.515. The first-order chi connectivity index (χ1) is 5.61. The summed E-state index contributed by atoms with van der Waals surface area (Å²) in [5.74, 6) is -1.14. The van der Waals surface area contributed by atoms with E-state index in [1.165, 1.54) is 18.2 Å². The van der Waals surface area contributed by atoms with Crippen molar-refractivity contribution in [3.8, 4) is 0 Å². The molecule has 3 N–H and O–H groups in total. The Bertz CT molecular complexity index is 299. The summed E-state index contributed by atoms with van der Waals surface area (Å²) in [4.78, 5) is 0. The molecular formula is C8H8F2N2. The van der Waals surface area contributed by atoms with Crippen LogP contribution in [0.1, 0.15) is 11.7 Å². The zero-order valence-electron chi connectivity index (χ0n) is 6.22. The minimum absolute atomic E-state index is 0.0718. The van der Waals surface area contributed by atoms with E-state index < -0.39 is 17.8 Å². The first-order valence-electron chi connectivity index (χ1n) is 3.34. The standard InChI is InChI=1S/C8H8F2N2/c9-6-3-1-2-5(4-6)7(10)8(11)12/h1-4,7H,(H3,11,12). The third kappa shape index (κ3) is 1.78. The number of amidine groups is 1. The Hall–Kier alpha value is -1.45. The summed E-state index contributed by atoms with van der Waals surface area (Å²) in [5, 5.41) is 6.79. The highest BCUT2D eigenvalue weighted by Gasteiger charge is 2.12. The molecule has 0 heterocycles. The smallest absolute Gasteiger partial charge is 0.181 e. The van der Waals surface area contributed by atoms with Gasteiger partial charge in [-0.25, -0.2) is 8.78 Å². The molecule has 12 heavy (non-hydrogen) atoms. The Labute approximate surface area is 68.5 Å². The van der Waals surface area contributed by atoms with Gasteiger partial charge in [-0.3, -0.25) is 5.41 Å². The van der Waals surface area contributed by atoms with Crippen molar-refractivity contribution in [1.29, 1.82) is 5.41 Å². The molecule has 0 radical (unpaired) electrons. The molecule has 1 unspecified atom stereocenters. The molecule has 0 spiro atoms. The zero-order valence-corrected chi connectivity index (χ0v) is 6.22. The van der Waals surface area contributed by atoms with E-state index in [1.807, 2.05) is 0 Å². The van der Waals surface area contributed by atoms with Gasteiger partial charge in [0.1, 0.15) is 11.7 Å². The maximum atomic E-state index is 12.9. The van der Waals surface area contributed by atoms with E-state index in [0.717, 1.165) is 6.07 Å². The highest BCUT2D eigenvalue weighted by Crippen LogP contribution is 2.17. The molecule has 0 saturated carbocycles. The van der Waals surface area contributed by atoms with Crippen molar-refractivity contribution in [1.82, 2.24) is 0 Å². The van der Waals surface area contributed by atoms with Gasteiger partial charge in [-0.05, 0) is 17.7 Å². The van der Waals surface area contributed by atoms with Crippen LogP contribution in [0.2, 0.25) is 0 Å². The highest BCUT2D eigenvalue weighted by molar-refractivity contribution is 5.82. The predicted molar refractivity (Wildman–Crippen MR) is 42.2 cm³/mol. The second-order valence-electron chi connectivity index (χ2n) is 2.37. The molecule has 4 heteroatoms. The second kappa shape index (κ2) is 3.30. The fraction of sp³-hybridized carbons (Fsp3) is 0.125. The monoisotopic (exact) mass is 170 g/mol. The van der Waals surface area contributed by atoms with Gasteiger partial charge in [0.2, 0.25) is 0 Å². The van der Waals surface area contributed by atoms with Gasteiger partial charge in [0.05, 0.1) is 0 Å². The van der Waals surface area contributed by atoms with Crippen LogP contribution >= 0.6 is 0 Å². The van der Waals surface area contributed by atoms with E-state index in [-0.39, 0.29) is 5.56 Å². The van der Waals surface area contributed by atoms with E-state index in [1.54, 1.807) is 0 Å². The number of nitrogens with two attached hydrogens (primary N) is 1. The lowest BCUT2D eigenvalue weighted by molar-refractivity contribution is 0.433. The molecule has 1 rings (SSSR count). The summed E-state index contributed by atoms with van der Waals surface area (Å²) in [6, 6.07) is 4.98. The normalized spacial score (nSPS) is 12.5. The second-order valence-corrected chi connectivity index (χ2v) is 2.37. The van der Waals surface area contributed by atoms with Crippen molar-refractivity contribution >= 4 is 5.84 Å². The number of rotatable bonds is 2. The lowest BCUT2D eigenvalue weighted by atomic mass is 10.1. The zero-order chi connectivity index (χ0) is 9.14. The van der Waals surface area contributed by atoms with Crippen molar-refractivity contribution in [2.24, 2.45) is 5.73 Å². The van der Waals surface area contributed by atoms with Crippen LogP contribution in [0.4, 0.5) is 8.78 Å². The molecule has 0 fully saturated rings. The molecule has 1 aromatic rings. The third-order valence-corrected chi connectivity index (χ3v) is 1.41. The first kappa shape index (κ1) is 8.64. The molecule has 0 aromatic heterocycles. The molecule has 1 aromatic carbocycles. The lowest BCUT2D eigenvalue weighted by Gasteiger charge is -2.05. The van der Waals surface area contributed by atoms with Crippen LogP contribution in [-0.2, 0) is 0 Å². The van der Waals surface area contributed by atoms with Crippen LogP contribution in [0, 0.1) is 11.2 Å².